The summed E-state index contributed by atoms with van der Waals surface area (Å²) < 4.78 is 41.4. The number of nitrogens with one attached hydrogen (secondary N) is 1. The van der Waals surface area contributed by atoms with Gasteiger partial charge in [-0.05, 0) is 19.8 Å². The van der Waals surface area contributed by atoms with E-state index in [1.165, 1.54) is 0 Å². The van der Waals surface area contributed by atoms with Crippen molar-refractivity contribution in [2.75, 3.05) is 6.54 Å². The van der Waals surface area contributed by atoms with Gasteiger partial charge in [-0.1, -0.05) is 13.8 Å². The molecule has 5 nitrogen and oxygen atoms in total. The Hall–Kier alpha value is -1.60. The van der Waals surface area contributed by atoms with Crippen molar-refractivity contribution < 1.29 is 32.3 Å². The Bertz CT molecular complexity index is 528. The Labute approximate surface area is 119 Å². The maximum atomic E-state index is 12.3. The molecule has 2 bridgehead atoms. The molecule has 21 heavy (non-hydrogen) atoms. The van der Waals surface area contributed by atoms with Crippen molar-refractivity contribution in [1.82, 2.24) is 5.32 Å². The predicted octanol–water partition coefficient (Wildman–Crippen LogP) is 1.56. The van der Waals surface area contributed by atoms with Crippen LogP contribution in [-0.4, -0.2) is 30.6 Å². The van der Waals surface area contributed by atoms with Crippen molar-refractivity contribution in [2.24, 2.45) is 16.2 Å². The number of hydrogen-bond donors (Lipinski definition) is 1. The number of rotatable bonds is 2. The van der Waals surface area contributed by atoms with Gasteiger partial charge in [0.25, 0.3) is 0 Å². The van der Waals surface area contributed by atoms with E-state index in [4.69, 9.17) is 0 Å². The van der Waals surface area contributed by atoms with Crippen LogP contribution in [0.15, 0.2) is 0 Å². The largest absolute Gasteiger partial charge is 0.405 e. The highest BCUT2D eigenvalue weighted by atomic mass is 19.4. The van der Waals surface area contributed by atoms with Crippen molar-refractivity contribution in [3.05, 3.63) is 0 Å². The highest BCUT2D eigenvalue weighted by Gasteiger charge is 2.75. The van der Waals surface area contributed by atoms with Gasteiger partial charge in [0, 0.05) is 5.41 Å². The van der Waals surface area contributed by atoms with Crippen LogP contribution in [0.1, 0.15) is 33.6 Å². The number of alkyl halides is 3. The van der Waals surface area contributed by atoms with Crippen LogP contribution in [0.25, 0.3) is 0 Å². The molecule has 1 saturated heterocycles. The first-order chi connectivity index (χ1) is 9.38. The Balaban J connectivity index is 2.38. The number of amides is 1. The van der Waals surface area contributed by atoms with E-state index in [1.54, 1.807) is 26.1 Å². The van der Waals surface area contributed by atoms with Crippen LogP contribution in [0.4, 0.5) is 13.2 Å². The van der Waals surface area contributed by atoms with E-state index in [-0.39, 0.29) is 12.8 Å². The average molecular weight is 307 g/mol. The molecule has 0 aromatic carbocycles. The molecule has 0 aromatic rings. The quantitative estimate of drug-likeness (QED) is 0.621. The molecule has 8 heteroatoms. The molecule has 1 N–H and O–H groups in total. The van der Waals surface area contributed by atoms with Crippen LogP contribution in [0.2, 0.25) is 0 Å². The van der Waals surface area contributed by atoms with Gasteiger partial charge in [-0.3, -0.25) is 14.4 Å². The van der Waals surface area contributed by atoms with Crippen molar-refractivity contribution in [3.8, 4) is 0 Å². The molecule has 1 saturated carbocycles. The van der Waals surface area contributed by atoms with Gasteiger partial charge in [0.05, 0.1) is 5.41 Å². The first-order valence-electron chi connectivity index (χ1n) is 6.50. The molecule has 1 heterocycles. The summed E-state index contributed by atoms with van der Waals surface area (Å²) in [4.78, 5) is 36.3. The Morgan fingerprint density at radius 3 is 2.29 bits per heavy atom. The van der Waals surface area contributed by atoms with E-state index < -0.39 is 46.8 Å². The van der Waals surface area contributed by atoms with E-state index in [9.17, 15) is 27.6 Å². The Kier molecular flexibility index (Phi) is 3.16. The number of hydrogen-bond acceptors (Lipinski definition) is 4. The highest BCUT2D eigenvalue weighted by molar-refractivity contribution is 6.11. The second kappa shape index (κ2) is 4.20. The van der Waals surface area contributed by atoms with Crippen LogP contribution < -0.4 is 5.32 Å². The first-order valence-corrected chi connectivity index (χ1v) is 6.50. The molecule has 0 aromatic heterocycles. The van der Waals surface area contributed by atoms with Crippen LogP contribution in [0.3, 0.4) is 0 Å². The minimum absolute atomic E-state index is 0.00916. The smallest absolute Gasteiger partial charge is 0.392 e. The molecule has 1 amide bonds. The average Bonchev–Trinajstić information content (AvgIpc) is 2.48. The molecule has 0 spiro atoms. The van der Waals surface area contributed by atoms with Crippen LogP contribution in [-0.2, 0) is 19.1 Å². The Morgan fingerprint density at radius 2 is 1.76 bits per heavy atom. The lowest BCUT2D eigenvalue weighted by Gasteiger charge is -2.48. The molecule has 0 unspecified atom stereocenters. The standard InChI is InChI=1S/C13H16F3NO4/c1-10(2)11(3)4-5-12(10,9(20)21-8(11)19)7(18)17-6-13(14,15)16/h4-6H2,1-3H3,(H,17,18)/t11-,12-/m1/s1. The number of esters is 2. The first kappa shape index (κ1) is 15.8. The van der Waals surface area contributed by atoms with Crippen LogP contribution >= 0.6 is 0 Å². The SMILES string of the molecule is CC1(C)[C@@]2(C(=O)NCC(F)(F)F)CC[C@]1(C)C(=O)OC2=O. The molecular formula is C13H16F3NO4. The van der Waals surface area contributed by atoms with Gasteiger partial charge in [0.2, 0.25) is 5.91 Å². The molecule has 2 fully saturated rings. The Morgan fingerprint density at radius 1 is 1.19 bits per heavy atom. The van der Waals surface area contributed by atoms with Crippen LogP contribution in [0.5, 0.6) is 0 Å². The van der Waals surface area contributed by atoms with Crippen molar-refractivity contribution in [2.45, 2.75) is 39.8 Å². The third kappa shape index (κ3) is 1.87. The van der Waals surface area contributed by atoms with E-state index in [0.717, 1.165) is 0 Å². The monoisotopic (exact) mass is 307 g/mol. The molecule has 1 aliphatic heterocycles. The van der Waals surface area contributed by atoms with Crippen LogP contribution in [0, 0.1) is 16.2 Å². The van der Waals surface area contributed by atoms with Crippen molar-refractivity contribution >= 4 is 17.8 Å². The molecule has 118 valence electrons. The number of cyclic esters (lactones) is 2. The maximum Gasteiger partial charge on any atom is 0.405 e. The summed E-state index contributed by atoms with van der Waals surface area (Å²) in [6, 6.07) is 0. The van der Waals surface area contributed by atoms with E-state index >= 15 is 0 Å². The van der Waals surface area contributed by atoms with Gasteiger partial charge in [-0.15, -0.1) is 0 Å². The summed E-state index contributed by atoms with van der Waals surface area (Å²) in [5.41, 5.74) is -3.96. The predicted molar refractivity (Wildman–Crippen MR) is 63.7 cm³/mol. The fourth-order valence-corrected chi connectivity index (χ4v) is 3.35. The van der Waals surface area contributed by atoms with Gasteiger partial charge in [-0.25, -0.2) is 0 Å². The number of fused-ring (bicyclic) bond motifs is 2. The van der Waals surface area contributed by atoms with Gasteiger partial charge >= 0.3 is 18.1 Å². The third-order valence-electron chi connectivity index (χ3n) is 5.27. The number of ether oxygens (including phenoxy) is 1. The zero-order valence-corrected chi connectivity index (χ0v) is 11.9. The zero-order valence-electron chi connectivity index (χ0n) is 11.9. The topological polar surface area (TPSA) is 72.5 Å². The summed E-state index contributed by atoms with van der Waals surface area (Å²) >= 11 is 0. The minimum atomic E-state index is -4.58. The zero-order chi connectivity index (χ0) is 16.3. The van der Waals surface area contributed by atoms with Gasteiger partial charge in [-0.2, -0.15) is 13.2 Å². The lowest BCUT2D eigenvalue weighted by atomic mass is 9.57. The molecule has 2 atom stereocenters. The van der Waals surface area contributed by atoms with Gasteiger partial charge in [0.1, 0.15) is 6.54 Å². The molecule has 0 radical (unpaired) electrons. The van der Waals surface area contributed by atoms with E-state index in [2.05, 4.69) is 4.74 Å². The third-order valence-corrected chi connectivity index (χ3v) is 5.27. The second-order valence-electron chi connectivity index (χ2n) is 6.34. The summed E-state index contributed by atoms with van der Waals surface area (Å²) in [7, 11) is 0. The van der Waals surface area contributed by atoms with Crippen molar-refractivity contribution in [3.63, 3.8) is 0 Å². The lowest BCUT2D eigenvalue weighted by molar-refractivity contribution is -0.197. The fourth-order valence-electron chi connectivity index (χ4n) is 3.35. The minimum Gasteiger partial charge on any atom is -0.392 e. The summed E-state index contributed by atoms with van der Waals surface area (Å²) in [6.07, 6.45) is -4.37. The van der Waals surface area contributed by atoms with Gasteiger partial charge < -0.3 is 10.1 Å². The maximum absolute atomic E-state index is 12.3. The normalized spacial score (nSPS) is 34.6. The molecule has 2 rings (SSSR count). The van der Waals surface area contributed by atoms with E-state index in [0.29, 0.717) is 0 Å². The summed E-state index contributed by atoms with van der Waals surface area (Å²) in [6.45, 7) is 3.14. The molecular weight excluding hydrogens is 291 g/mol. The highest BCUT2D eigenvalue weighted by Crippen LogP contribution is 2.66. The number of halogens is 3. The summed E-state index contributed by atoms with van der Waals surface area (Å²) in [5, 5.41) is 1.75. The molecule has 2 aliphatic rings. The second-order valence-corrected chi connectivity index (χ2v) is 6.34. The van der Waals surface area contributed by atoms with Crippen molar-refractivity contribution in [1.29, 1.82) is 0 Å². The number of carbonyl (C=O) groups is 3. The van der Waals surface area contributed by atoms with E-state index in [1.807, 2.05) is 0 Å². The lowest BCUT2D eigenvalue weighted by Crippen LogP contribution is -2.62. The number of carbonyl (C=O) groups excluding carboxylic acids is 3. The fraction of sp³-hybridized carbons (Fsp3) is 0.769. The molecule has 1 aliphatic carbocycles. The summed E-state index contributed by atoms with van der Waals surface area (Å²) in [5.74, 6) is -2.83. The van der Waals surface area contributed by atoms with Gasteiger partial charge in [0.15, 0.2) is 5.41 Å².